The van der Waals surface area contributed by atoms with Crippen molar-refractivity contribution in [2.24, 2.45) is 28.1 Å². The monoisotopic (exact) mass is 239 g/mol. The lowest BCUT2D eigenvalue weighted by Crippen LogP contribution is -2.48. The minimum absolute atomic E-state index is 0.352. The van der Waals surface area contributed by atoms with Crippen molar-refractivity contribution in [1.82, 2.24) is 5.32 Å². The molecular formula is C11H21N5O. The molecule has 2 unspecified atom stereocenters. The Hall–Kier alpha value is -1.11. The molecule has 0 spiro atoms. The van der Waals surface area contributed by atoms with Gasteiger partial charge in [-0.3, -0.25) is 0 Å². The molecule has 2 heterocycles. The molecule has 0 aromatic carbocycles. The molecule has 0 radical (unpaired) electrons. The number of nitrogens with zero attached hydrogens (tertiary/aromatic N) is 1. The van der Waals surface area contributed by atoms with Gasteiger partial charge in [-0.1, -0.05) is 0 Å². The van der Waals surface area contributed by atoms with E-state index in [9.17, 15) is 0 Å². The lowest BCUT2D eigenvalue weighted by Gasteiger charge is -2.30. The molecule has 0 aliphatic carbocycles. The fourth-order valence-corrected chi connectivity index (χ4v) is 2.25. The van der Waals surface area contributed by atoms with Gasteiger partial charge in [0.05, 0.1) is 6.61 Å². The highest BCUT2D eigenvalue weighted by Crippen LogP contribution is 2.26. The maximum absolute atomic E-state index is 6.21. The Balaban J connectivity index is 2.11. The van der Waals surface area contributed by atoms with Crippen LogP contribution in [0, 0.1) is 5.92 Å². The van der Waals surface area contributed by atoms with Gasteiger partial charge in [-0.15, -0.1) is 0 Å². The number of ether oxygens (including phenoxy) is 1. The first-order chi connectivity index (χ1) is 8.13. The van der Waals surface area contributed by atoms with E-state index in [1.54, 1.807) is 0 Å². The van der Waals surface area contributed by atoms with Crippen LogP contribution in [0.1, 0.15) is 19.3 Å². The molecule has 2 aliphatic rings. The first kappa shape index (κ1) is 12.3. The highest BCUT2D eigenvalue weighted by Gasteiger charge is 2.30. The van der Waals surface area contributed by atoms with Crippen molar-refractivity contribution in [3.05, 3.63) is 11.8 Å². The quantitative estimate of drug-likeness (QED) is 0.514. The fourth-order valence-electron chi connectivity index (χ4n) is 2.25. The van der Waals surface area contributed by atoms with Gasteiger partial charge in [0.2, 0.25) is 0 Å². The van der Waals surface area contributed by atoms with Crippen molar-refractivity contribution in [1.29, 1.82) is 0 Å². The molecule has 2 atom stereocenters. The predicted molar refractivity (Wildman–Crippen MR) is 67.0 cm³/mol. The molecule has 0 aromatic rings. The largest absolute Gasteiger partial charge is 0.381 e. The number of guanidine groups is 1. The zero-order valence-corrected chi connectivity index (χ0v) is 9.98. The second-order valence-corrected chi connectivity index (χ2v) is 4.67. The maximum atomic E-state index is 6.21. The van der Waals surface area contributed by atoms with Crippen LogP contribution in [0.3, 0.4) is 0 Å². The second kappa shape index (κ2) is 5.03. The fraction of sp³-hybridized carbons (Fsp3) is 0.727. The number of hydrogen-bond acceptors (Lipinski definition) is 6. The summed E-state index contributed by atoms with van der Waals surface area (Å²) in [7, 11) is 0. The van der Waals surface area contributed by atoms with Crippen molar-refractivity contribution >= 4 is 5.96 Å². The van der Waals surface area contributed by atoms with Crippen LogP contribution in [-0.4, -0.2) is 31.4 Å². The molecule has 0 aromatic heterocycles. The Labute approximate surface area is 101 Å². The van der Waals surface area contributed by atoms with Gasteiger partial charge in [-0.25, -0.2) is 4.99 Å². The minimum Gasteiger partial charge on any atom is -0.381 e. The van der Waals surface area contributed by atoms with Gasteiger partial charge < -0.3 is 27.3 Å². The van der Waals surface area contributed by atoms with E-state index in [0.717, 1.165) is 31.8 Å². The predicted octanol–water partition coefficient (Wildman–Crippen LogP) is -0.781. The van der Waals surface area contributed by atoms with Gasteiger partial charge in [0.25, 0.3) is 0 Å². The van der Waals surface area contributed by atoms with Crippen molar-refractivity contribution in [2.45, 2.75) is 24.9 Å². The average Bonchev–Trinajstić information content (AvgIpc) is 2.78. The summed E-state index contributed by atoms with van der Waals surface area (Å²) in [5.74, 6) is 0.735. The molecule has 0 bridgehead atoms. The molecule has 0 saturated carbocycles. The normalized spacial score (nSPS) is 32.9. The number of aliphatic imine (C=N–C) groups is 1. The van der Waals surface area contributed by atoms with Gasteiger partial charge in [0, 0.05) is 18.2 Å². The number of rotatable bonds is 4. The van der Waals surface area contributed by atoms with Crippen LogP contribution in [0.15, 0.2) is 16.8 Å². The molecule has 17 heavy (non-hydrogen) atoms. The van der Waals surface area contributed by atoms with Crippen LogP contribution < -0.4 is 22.5 Å². The van der Waals surface area contributed by atoms with Crippen molar-refractivity contribution < 1.29 is 4.74 Å². The van der Waals surface area contributed by atoms with E-state index in [1.165, 1.54) is 0 Å². The van der Waals surface area contributed by atoms with Crippen LogP contribution in [0.2, 0.25) is 0 Å². The zero-order chi connectivity index (χ0) is 12.3. The summed E-state index contributed by atoms with van der Waals surface area (Å²) in [5.41, 5.74) is 17.8. The number of nitrogens with one attached hydrogen (secondary N) is 1. The molecule has 1 fully saturated rings. The van der Waals surface area contributed by atoms with Gasteiger partial charge >= 0.3 is 0 Å². The summed E-state index contributed by atoms with van der Waals surface area (Å²) < 4.78 is 5.37. The minimum atomic E-state index is -0.716. The lowest BCUT2D eigenvalue weighted by atomic mass is 9.96. The summed E-state index contributed by atoms with van der Waals surface area (Å²) >= 11 is 0. The summed E-state index contributed by atoms with van der Waals surface area (Å²) in [6.07, 6.45) is 4.51. The van der Waals surface area contributed by atoms with Crippen molar-refractivity contribution in [2.75, 3.05) is 19.8 Å². The first-order valence-corrected chi connectivity index (χ1v) is 6.05. The zero-order valence-electron chi connectivity index (χ0n) is 9.98. The Morgan fingerprint density at radius 1 is 1.59 bits per heavy atom. The van der Waals surface area contributed by atoms with E-state index in [1.807, 2.05) is 6.08 Å². The number of hydrogen-bond donors (Lipinski definition) is 4. The van der Waals surface area contributed by atoms with E-state index < -0.39 is 5.66 Å². The Bertz CT molecular complexity index is 335. The highest BCUT2D eigenvalue weighted by atomic mass is 16.5. The van der Waals surface area contributed by atoms with Gasteiger partial charge in [-0.05, 0) is 31.9 Å². The summed E-state index contributed by atoms with van der Waals surface area (Å²) in [6, 6.07) is 0. The molecular weight excluding hydrogens is 218 g/mol. The van der Waals surface area contributed by atoms with Gasteiger partial charge in [0.15, 0.2) is 5.96 Å². The second-order valence-electron chi connectivity index (χ2n) is 4.67. The Morgan fingerprint density at radius 2 is 2.41 bits per heavy atom. The average molecular weight is 239 g/mol. The smallest absolute Gasteiger partial charge is 0.195 e. The van der Waals surface area contributed by atoms with Crippen LogP contribution in [0.25, 0.3) is 0 Å². The SMILES string of the molecule is NCCCC1(N)C=C(C2CCOC2)NC(N)=N1. The van der Waals surface area contributed by atoms with Gasteiger partial charge in [-0.2, -0.15) is 0 Å². The first-order valence-electron chi connectivity index (χ1n) is 6.05. The summed E-state index contributed by atoms with van der Waals surface area (Å²) in [5, 5.41) is 3.09. The van der Waals surface area contributed by atoms with Crippen LogP contribution >= 0.6 is 0 Å². The molecule has 1 saturated heterocycles. The highest BCUT2D eigenvalue weighted by molar-refractivity contribution is 5.81. The third kappa shape index (κ3) is 2.96. The summed E-state index contributed by atoms with van der Waals surface area (Å²) in [6.45, 7) is 2.12. The van der Waals surface area contributed by atoms with E-state index >= 15 is 0 Å². The molecule has 6 nitrogen and oxygen atoms in total. The lowest BCUT2D eigenvalue weighted by molar-refractivity contribution is 0.189. The molecule has 96 valence electrons. The van der Waals surface area contributed by atoms with Crippen LogP contribution in [0.4, 0.5) is 0 Å². The maximum Gasteiger partial charge on any atom is 0.195 e. The Kier molecular flexibility index (Phi) is 3.66. The van der Waals surface area contributed by atoms with Crippen molar-refractivity contribution in [3.8, 4) is 0 Å². The molecule has 0 amide bonds. The molecule has 7 N–H and O–H groups in total. The molecule has 2 aliphatic heterocycles. The van der Waals surface area contributed by atoms with Crippen LogP contribution in [-0.2, 0) is 4.74 Å². The van der Waals surface area contributed by atoms with Crippen LogP contribution in [0.5, 0.6) is 0 Å². The third-order valence-corrected chi connectivity index (χ3v) is 3.16. The molecule has 2 rings (SSSR count). The molecule has 6 heteroatoms. The van der Waals surface area contributed by atoms with Gasteiger partial charge in [0.1, 0.15) is 5.66 Å². The third-order valence-electron chi connectivity index (χ3n) is 3.16. The van der Waals surface area contributed by atoms with E-state index in [2.05, 4.69) is 10.3 Å². The van der Waals surface area contributed by atoms with Crippen molar-refractivity contribution in [3.63, 3.8) is 0 Å². The standard InChI is InChI=1S/C11H21N5O/c12-4-1-3-11(14)6-9(15-10(13)16-11)8-2-5-17-7-8/h6,8H,1-5,7,12,14H2,(H3,13,15,16). The summed E-state index contributed by atoms with van der Waals surface area (Å²) in [4.78, 5) is 4.26. The topological polar surface area (TPSA) is 112 Å². The Morgan fingerprint density at radius 3 is 3.06 bits per heavy atom. The van der Waals surface area contributed by atoms with E-state index in [4.69, 9.17) is 21.9 Å². The van der Waals surface area contributed by atoms with E-state index in [-0.39, 0.29) is 0 Å². The van der Waals surface area contributed by atoms with E-state index in [0.29, 0.717) is 24.8 Å². The number of nitrogens with two attached hydrogens (primary N) is 3.